The van der Waals surface area contributed by atoms with Gasteiger partial charge in [0, 0.05) is 39.4 Å². The summed E-state index contributed by atoms with van der Waals surface area (Å²) in [7, 11) is 0. The van der Waals surface area contributed by atoms with Crippen molar-refractivity contribution in [3.63, 3.8) is 0 Å². The maximum atomic E-state index is 12.5. The second-order valence-corrected chi connectivity index (χ2v) is 12.8. The lowest BCUT2D eigenvalue weighted by molar-refractivity contribution is -0.126. The number of rotatable bonds is 24. The Balaban J connectivity index is 1.61. The molecule has 0 aromatic heterocycles. The molecule has 248 valence electrons. The van der Waals surface area contributed by atoms with E-state index in [1.807, 2.05) is 13.8 Å². The Kier molecular flexibility index (Phi) is 16.0. The molecule has 0 aromatic carbocycles. The number of carbonyl (C=O) groups is 4. The molecular weight excluding hydrogens is 544 g/mol. The van der Waals surface area contributed by atoms with Gasteiger partial charge in [0.2, 0.25) is 11.8 Å². The number of amides is 6. The molecule has 9 nitrogen and oxygen atoms in total. The van der Waals surface area contributed by atoms with Gasteiger partial charge in [-0.1, -0.05) is 72.6 Å². The van der Waals surface area contributed by atoms with Crippen molar-refractivity contribution in [2.45, 2.75) is 131 Å². The lowest BCUT2D eigenvalue weighted by Crippen LogP contribution is -2.36. The van der Waals surface area contributed by atoms with Crippen molar-refractivity contribution < 1.29 is 23.9 Å². The van der Waals surface area contributed by atoms with E-state index in [-0.39, 0.29) is 42.4 Å². The Bertz CT molecular complexity index is 886. The minimum absolute atomic E-state index is 0.0596. The van der Waals surface area contributed by atoms with E-state index in [2.05, 4.69) is 27.7 Å². The predicted octanol–water partition coefficient (Wildman–Crippen LogP) is 7.09. The van der Waals surface area contributed by atoms with E-state index in [0.29, 0.717) is 31.6 Å². The van der Waals surface area contributed by atoms with Gasteiger partial charge < -0.3 is 14.5 Å². The third-order valence-corrected chi connectivity index (χ3v) is 10.7. The minimum atomic E-state index is -0.131. The summed E-state index contributed by atoms with van der Waals surface area (Å²) in [5.74, 6) is -0.122. The van der Waals surface area contributed by atoms with Crippen LogP contribution in [-0.2, 0) is 14.3 Å². The number of hydrogen-bond acceptors (Lipinski definition) is 5. The first-order valence-corrected chi connectivity index (χ1v) is 17.4. The van der Waals surface area contributed by atoms with Crippen molar-refractivity contribution in [3.8, 4) is 0 Å². The SMILES string of the molecule is CCN1CC(=O)N(CCCCC(CC)(CC)CCCCOCCCCC(CC)(CC)CCN2C(=O)CN(CC)C2=O)C1=O. The van der Waals surface area contributed by atoms with E-state index < -0.39 is 0 Å². The standard InChI is InChI=1S/C34H62N4O5/c1-7-33(8-2,19-13-16-23-37-29(39)27-35(11-5)31(37)41)20-14-17-25-43-26-18-15-21-34(9-3,10-4)22-24-38-30(40)28-36(12-6)32(38)42/h7-28H2,1-6H3. The van der Waals surface area contributed by atoms with Gasteiger partial charge in [-0.05, 0) is 69.6 Å². The first kappa shape index (κ1) is 37.0. The Morgan fingerprint density at radius 2 is 0.930 bits per heavy atom. The van der Waals surface area contributed by atoms with Crippen LogP contribution in [-0.4, -0.2) is 96.0 Å². The zero-order valence-corrected chi connectivity index (χ0v) is 28.4. The summed E-state index contributed by atoms with van der Waals surface area (Å²) in [5, 5.41) is 0. The molecule has 2 aliphatic rings. The normalized spacial score (nSPS) is 16.5. The van der Waals surface area contributed by atoms with E-state index in [9.17, 15) is 19.2 Å². The Labute approximate surface area is 262 Å². The van der Waals surface area contributed by atoms with Crippen molar-refractivity contribution in [2.75, 3.05) is 52.5 Å². The number of ether oxygens (including phenoxy) is 1. The van der Waals surface area contributed by atoms with Gasteiger partial charge in [0.05, 0.1) is 0 Å². The third kappa shape index (κ3) is 10.5. The summed E-state index contributed by atoms with van der Waals surface area (Å²) in [6.45, 7) is 17.1. The van der Waals surface area contributed by atoms with Crippen LogP contribution in [0.15, 0.2) is 0 Å². The molecule has 0 bridgehead atoms. The molecule has 2 rings (SSSR count). The van der Waals surface area contributed by atoms with Gasteiger partial charge in [-0.25, -0.2) is 9.59 Å². The molecule has 0 unspecified atom stereocenters. The zero-order chi connectivity index (χ0) is 31.9. The topological polar surface area (TPSA) is 90.5 Å². The van der Waals surface area contributed by atoms with Crippen LogP contribution in [0.3, 0.4) is 0 Å². The molecule has 6 amide bonds. The molecule has 0 spiro atoms. The highest BCUT2D eigenvalue weighted by molar-refractivity contribution is 6.02. The van der Waals surface area contributed by atoms with Crippen LogP contribution in [0.2, 0.25) is 0 Å². The number of hydrogen-bond donors (Lipinski definition) is 0. The van der Waals surface area contributed by atoms with Gasteiger partial charge in [-0.2, -0.15) is 0 Å². The molecule has 2 saturated heterocycles. The summed E-state index contributed by atoms with van der Waals surface area (Å²) in [6, 6.07) is -0.259. The summed E-state index contributed by atoms with van der Waals surface area (Å²) < 4.78 is 6.01. The van der Waals surface area contributed by atoms with E-state index in [1.54, 1.807) is 9.80 Å². The first-order valence-electron chi connectivity index (χ1n) is 17.4. The molecular formula is C34H62N4O5. The first-order chi connectivity index (χ1) is 20.6. The Hall–Kier alpha value is -2.16. The van der Waals surface area contributed by atoms with Gasteiger partial charge >= 0.3 is 12.1 Å². The van der Waals surface area contributed by atoms with Crippen molar-refractivity contribution in [3.05, 3.63) is 0 Å². The van der Waals surface area contributed by atoms with Gasteiger partial charge in [-0.15, -0.1) is 0 Å². The number of likely N-dealkylation sites (N-methyl/N-ethyl adjacent to an activating group) is 2. The third-order valence-electron chi connectivity index (χ3n) is 10.7. The number of imide groups is 2. The van der Waals surface area contributed by atoms with Crippen LogP contribution < -0.4 is 0 Å². The molecule has 2 heterocycles. The molecule has 0 aliphatic carbocycles. The number of nitrogens with zero attached hydrogens (tertiary/aromatic N) is 4. The van der Waals surface area contributed by atoms with Crippen LogP contribution in [0.1, 0.15) is 131 Å². The van der Waals surface area contributed by atoms with Crippen LogP contribution in [0.4, 0.5) is 9.59 Å². The van der Waals surface area contributed by atoms with Crippen molar-refractivity contribution >= 4 is 23.9 Å². The number of unbranched alkanes of at least 4 members (excludes halogenated alkanes) is 3. The molecule has 43 heavy (non-hydrogen) atoms. The van der Waals surface area contributed by atoms with Crippen LogP contribution in [0.5, 0.6) is 0 Å². The second kappa shape index (κ2) is 18.6. The van der Waals surface area contributed by atoms with Crippen molar-refractivity contribution in [1.82, 2.24) is 19.6 Å². The summed E-state index contributed by atoms with van der Waals surface area (Å²) in [6.07, 6.45) is 15.0. The summed E-state index contributed by atoms with van der Waals surface area (Å²) in [4.78, 5) is 55.4. The molecule has 0 N–H and O–H groups in total. The lowest BCUT2D eigenvalue weighted by atomic mass is 9.74. The molecule has 9 heteroatoms. The highest BCUT2D eigenvalue weighted by Crippen LogP contribution is 2.38. The molecule has 2 aliphatic heterocycles. The van der Waals surface area contributed by atoms with E-state index in [1.165, 1.54) is 16.2 Å². The second-order valence-electron chi connectivity index (χ2n) is 12.8. The Morgan fingerprint density at radius 1 is 0.535 bits per heavy atom. The van der Waals surface area contributed by atoms with E-state index in [0.717, 1.165) is 96.7 Å². The molecule has 0 aromatic rings. The largest absolute Gasteiger partial charge is 0.381 e. The van der Waals surface area contributed by atoms with Crippen molar-refractivity contribution in [2.24, 2.45) is 10.8 Å². The highest BCUT2D eigenvalue weighted by atomic mass is 16.5. The summed E-state index contributed by atoms with van der Waals surface area (Å²) in [5.41, 5.74) is 0.496. The van der Waals surface area contributed by atoms with E-state index >= 15 is 0 Å². The van der Waals surface area contributed by atoms with Gasteiger partial charge in [0.15, 0.2) is 0 Å². The van der Waals surface area contributed by atoms with Gasteiger partial charge in [0.25, 0.3) is 0 Å². The quantitative estimate of drug-likeness (QED) is 0.0865. The fourth-order valence-corrected chi connectivity index (χ4v) is 6.92. The smallest absolute Gasteiger partial charge is 0.327 e. The number of urea groups is 2. The number of carbonyl (C=O) groups excluding carboxylic acids is 4. The van der Waals surface area contributed by atoms with Crippen LogP contribution >= 0.6 is 0 Å². The highest BCUT2D eigenvalue weighted by Gasteiger charge is 2.37. The van der Waals surface area contributed by atoms with Crippen LogP contribution in [0, 0.1) is 10.8 Å². The Morgan fingerprint density at radius 3 is 1.33 bits per heavy atom. The maximum absolute atomic E-state index is 12.5. The summed E-state index contributed by atoms with van der Waals surface area (Å²) >= 11 is 0. The molecule has 0 radical (unpaired) electrons. The monoisotopic (exact) mass is 606 g/mol. The van der Waals surface area contributed by atoms with Crippen molar-refractivity contribution in [1.29, 1.82) is 0 Å². The van der Waals surface area contributed by atoms with Gasteiger partial charge in [0.1, 0.15) is 13.1 Å². The fraction of sp³-hybridized carbons (Fsp3) is 0.882. The van der Waals surface area contributed by atoms with E-state index in [4.69, 9.17) is 4.74 Å². The van der Waals surface area contributed by atoms with Gasteiger partial charge in [-0.3, -0.25) is 19.4 Å². The predicted molar refractivity (Wildman–Crippen MR) is 172 cm³/mol. The maximum Gasteiger partial charge on any atom is 0.327 e. The molecule has 0 atom stereocenters. The lowest BCUT2D eigenvalue weighted by Gasteiger charge is -2.33. The molecule has 2 fully saturated rings. The fourth-order valence-electron chi connectivity index (χ4n) is 6.92. The average molecular weight is 607 g/mol. The van der Waals surface area contributed by atoms with Crippen LogP contribution in [0.25, 0.3) is 0 Å². The zero-order valence-electron chi connectivity index (χ0n) is 28.4. The average Bonchev–Trinajstić information content (AvgIpc) is 3.46. The minimum Gasteiger partial charge on any atom is -0.381 e. The molecule has 0 saturated carbocycles.